The van der Waals surface area contributed by atoms with Crippen molar-refractivity contribution in [3.05, 3.63) is 18.2 Å². The molecule has 21 heavy (non-hydrogen) atoms. The van der Waals surface area contributed by atoms with Crippen LogP contribution in [0.4, 0.5) is 5.69 Å². The first-order valence-electron chi connectivity index (χ1n) is 7.48. The fraction of sp³-hybridized carbons (Fsp3) is 0.667. The van der Waals surface area contributed by atoms with Gasteiger partial charge in [-0.1, -0.05) is 6.42 Å². The summed E-state index contributed by atoms with van der Waals surface area (Å²) < 4.78 is 0. The molecule has 2 unspecified atom stereocenters. The van der Waals surface area contributed by atoms with Gasteiger partial charge in [0.25, 0.3) is 0 Å². The fourth-order valence-electron chi connectivity index (χ4n) is 3.70. The number of rotatable bonds is 2. The van der Waals surface area contributed by atoms with Crippen LogP contribution in [-0.4, -0.2) is 21.9 Å². The molecule has 0 aliphatic heterocycles. The van der Waals surface area contributed by atoms with Gasteiger partial charge in [-0.05, 0) is 44.4 Å². The zero-order chi connectivity index (χ0) is 14.1. The molecule has 1 aromatic heterocycles. The number of carbonyl (C=O) groups is 1. The predicted molar refractivity (Wildman–Crippen MR) is 84.2 cm³/mol. The molecule has 0 radical (unpaired) electrons. The van der Waals surface area contributed by atoms with E-state index in [2.05, 4.69) is 15.3 Å². The molecule has 2 saturated carbocycles. The van der Waals surface area contributed by atoms with E-state index in [0.717, 1.165) is 12.8 Å². The molecular formula is C15H23ClN4O. The van der Waals surface area contributed by atoms with Crippen molar-refractivity contribution in [2.75, 3.05) is 5.32 Å². The Kier molecular flexibility index (Phi) is 5.17. The Morgan fingerprint density at radius 1 is 1.24 bits per heavy atom. The van der Waals surface area contributed by atoms with E-state index in [0.29, 0.717) is 29.4 Å². The maximum absolute atomic E-state index is 12.4. The van der Waals surface area contributed by atoms with Gasteiger partial charge in [-0.2, -0.15) is 0 Å². The predicted octanol–water partition coefficient (Wildman–Crippen LogP) is 2.30. The molecule has 2 aliphatic rings. The summed E-state index contributed by atoms with van der Waals surface area (Å²) in [5.74, 6) is 1.94. The number of nitrogens with zero attached hydrogens (tertiary/aromatic N) is 2. The first-order valence-corrected chi connectivity index (χ1v) is 7.48. The normalized spacial score (nSPS) is 31.1. The Morgan fingerprint density at radius 3 is 2.38 bits per heavy atom. The third kappa shape index (κ3) is 3.52. The molecule has 2 bridgehead atoms. The molecule has 6 heteroatoms. The smallest absolute Gasteiger partial charge is 0.227 e. The molecule has 0 aromatic carbocycles. The fourth-order valence-corrected chi connectivity index (χ4v) is 3.70. The van der Waals surface area contributed by atoms with E-state index < -0.39 is 0 Å². The van der Waals surface area contributed by atoms with Gasteiger partial charge < -0.3 is 11.1 Å². The van der Waals surface area contributed by atoms with Gasteiger partial charge >= 0.3 is 0 Å². The monoisotopic (exact) mass is 310 g/mol. The number of aromatic nitrogens is 2. The van der Waals surface area contributed by atoms with Crippen LogP contribution in [-0.2, 0) is 4.79 Å². The maximum atomic E-state index is 12.4. The van der Waals surface area contributed by atoms with Crippen molar-refractivity contribution in [2.24, 2.45) is 23.5 Å². The lowest BCUT2D eigenvalue weighted by molar-refractivity contribution is -0.122. The number of nitrogens with two attached hydrogens (primary N) is 1. The van der Waals surface area contributed by atoms with E-state index in [1.54, 1.807) is 12.4 Å². The van der Waals surface area contributed by atoms with Gasteiger partial charge in [0.15, 0.2) is 0 Å². The molecule has 2 atom stereocenters. The number of halogens is 1. The number of anilines is 1. The van der Waals surface area contributed by atoms with Crippen molar-refractivity contribution in [2.45, 2.75) is 45.1 Å². The number of aryl methyl sites for hydroxylation is 1. The highest BCUT2D eigenvalue weighted by Gasteiger charge is 2.40. The van der Waals surface area contributed by atoms with E-state index >= 15 is 0 Å². The molecule has 0 saturated heterocycles. The minimum atomic E-state index is 0. The molecule has 3 rings (SSSR count). The highest BCUT2D eigenvalue weighted by atomic mass is 35.5. The number of amides is 1. The maximum Gasteiger partial charge on any atom is 0.227 e. The van der Waals surface area contributed by atoms with Crippen molar-refractivity contribution >= 4 is 24.0 Å². The highest BCUT2D eigenvalue weighted by molar-refractivity contribution is 5.92. The molecule has 1 amide bonds. The number of hydrogen-bond donors (Lipinski definition) is 2. The van der Waals surface area contributed by atoms with E-state index in [9.17, 15) is 4.79 Å². The van der Waals surface area contributed by atoms with Gasteiger partial charge in [0, 0.05) is 12.0 Å². The summed E-state index contributed by atoms with van der Waals surface area (Å²) >= 11 is 0. The van der Waals surface area contributed by atoms with Crippen LogP contribution in [0.1, 0.15) is 37.9 Å². The Bertz CT molecular complexity index is 479. The van der Waals surface area contributed by atoms with Crippen molar-refractivity contribution in [3.63, 3.8) is 0 Å². The first-order chi connectivity index (χ1) is 9.63. The molecule has 0 spiro atoms. The van der Waals surface area contributed by atoms with E-state index in [1.165, 1.54) is 19.3 Å². The summed E-state index contributed by atoms with van der Waals surface area (Å²) in [4.78, 5) is 20.6. The van der Waals surface area contributed by atoms with Gasteiger partial charge in [0.1, 0.15) is 5.82 Å². The average Bonchev–Trinajstić information content (AvgIpc) is 2.41. The molecule has 2 fully saturated rings. The molecule has 2 aliphatic carbocycles. The van der Waals surface area contributed by atoms with Crippen LogP contribution >= 0.6 is 12.4 Å². The third-order valence-corrected chi connectivity index (χ3v) is 4.83. The molecule has 1 aromatic rings. The largest absolute Gasteiger partial charge is 0.327 e. The SMILES string of the molecule is Cc1ncc(NC(=O)C2CC3CCCC(C2)C3N)cn1.Cl. The summed E-state index contributed by atoms with van der Waals surface area (Å²) in [5.41, 5.74) is 6.95. The van der Waals surface area contributed by atoms with Gasteiger partial charge in [0.2, 0.25) is 5.91 Å². The quantitative estimate of drug-likeness (QED) is 0.878. The second-order valence-corrected chi connectivity index (χ2v) is 6.20. The van der Waals surface area contributed by atoms with Gasteiger partial charge in [0.05, 0.1) is 18.1 Å². The van der Waals surface area contributed by atoms with Crippen LogP contribution in [0.2, 0.25) is 0 Å². The van der Waals surface area contributed by atoms with Gasteiger partial charge in [-0.3, -0.25) is 4.79 Å². The average molecular weight is 311 g/mol. The summed E-state index contributed by atoms with van der Waals surface area (Å²) in [6.07, 6.45) is 8.80. The Morgan fingerprint density at radius 2 is 1.81 bits per heavy atom. The second kappa shape index (κ2) is 6.71. The van der Waals surface area contributed by atoms with Crippen molar-refractivity contribution in [1.82, 2.24) is 9.97 Å². The molecular weight excluding hydrogens is 288 g/mol. The lowest BCUT2D eigenvalue weighted by Gasteiger charge is -2.43. The lowest BCUT2D eigenvalue weighted by Crippen LogP contribution is -2.48. The molecule has 116 valence electrons. The number of fused-ring (bicyclic) bond motifs is 2. The van der Waals surface area contributed by atoms with Crippen LogP contribution in [0.15, 0.2) is 12.4 Å². The van der Waals surface area contributed by atoms with Crippen molar-refractivity contribution in [1.29, 1.82) is 0 Å². The van der Waals surface area contributed by atoms with E-state index in [-0.39, 0.29) is 24.2 Å². The summed E-state index contributed by atoms with van der Waals surface area (Å²) in [6.45, 7) is 1.83. The van der Waals surface area contributed by atoms with Crippen molar-refractivity contribution < 1.29 is 4.79 Å². The van der Waals surface area contributed by atoms with Crippen LogP contribution < -0.4 is 11.1 Å². The van der Waals surface area contributed by atoms with Crippen LogP contribution in [0, 0.1) is 24.7 Å². The third-order valence-electron chi connectivity index (χ3n) is 4.83. The molecule has 1 heterocycles. The first kappa shape index (κ1) is 16.2. The summed E-state index contributed by atoms with van der Waals surface area (Å²) in [6, 6.07) is 0.301. The van der Waals surface area contributed by atoms with Crippen LogP contribution in [0.3, 0.4) is 0 Å². The molecule has 3 N–H and O–H groups in total. The number of hydrogen-bond acceptors (Lipinski definition) is 4. The minimum Gasteiger partial charge on any atom is -0.327 e. The highest BCUT2D eigenvalue weighted by Crippen LogP contribution is 2.42. The Labute approximate surface area is 131 Å². The van der Waals surface area contributed by atoms with E-state index in [4.69, 9.17) is 5.73 Å². The van der Waals surface area contributed by atoms with E-state index in [1.807, 2.05) is 6.92 Å². The zero-order valence-corrected chi connectivity index (χ0v) is 13.1. The minimum absolute atomic E-state index is 0. The number of carbonyl (C=O) groups excluding carboxylic acids is 1. The Hall–Kier alpha value is -1.20. The zero-order valence-electron chi connectivity index (χ0n) is 12.3. The topological polar surface area (TPSA) is 80.9 Å². The van der Waals surface area contributed by atoms with Crippen molar-refractivity contribution in [3.8, 4) is 0 Å². The van der Waals surface area contributed by atoms with Crippen LogP contribution in [0.25, 0.3) is 0 Å². The van der Waals surface area contributed by atoms with Crippen LogP contribution in [0.5, 0.6) is 0 Å². The molecule has 5 nitrogen and oxygen atoms in total. The van der Waals surface area contributed by atoms with Gasteiger partial charge in [-0.25, -0.2) is 9.97 Å². The summed E-state index contributed by atoms with van der Waals surface area (Å²) in [7, 11) is 0. The van der Waals surface area contributed by atoms with Gasteiger partial charge in [-0.15, -0.1) is 12.4 Å². The Balaban J connectivity index is 0.00000161. The number of nitrogens with one attached hydrogen (secondary N) is 1. The summed E-state index contributed by atoms with van der Waals surface area (Å²) in [5, 5.41) is 2.94. The second-order valence-electron chi connectivity index (χ2n) is 6.20. The standard InChI is InChI=1S/C15H22N4O.ClH/c1-9-17-7-13(8-18-9)19-15(20)12-5-10-3-2-4-11(6-12)14(10)16;/h7-8,10-12,14H,2-6,16H2,1H3,(H,19,20);1H. The lowest BCUT2D eigenvalue weighted by atomic mass is 9.65.